The zero-order chi connectivity index (χ0) is 13.8. The van der Waals surface area contributed by atoms with E-state index in [4.69, 9.17) is 11.1 Å². The number of hydrogen-bond acceptors (Lipinski definition) is 4. The minimum Gasteiger partial charge on any atom is -0.384 e. The summed E-state index contributed by atoms with van der Waals surface area (Å²) in [6.07, 6.45) is 0. The van der Waals surface area contributed by atoms with Crippen molar-refractivity contribution in [2.45, 2.75) is 13.1 Å². The van der Waals surface area contributed by atoms with Crippen LogP contribution in [0, 0.1) is 11.2 Å². The Kier molecular flexibility index (Phi) is 4.24. The SMILES string of the molecule is CN(Cc1cscn1)Cc1ccc(C(=N)N)cc1F. The molecule has 0 aliphatic carbocycles. The summed E-state index contributed by atoms with van der Waals surface area (Å²) in [5.41, 5.74) is 9.08. The van der Waals surface area contributed by atoms with Crippen molar-refractivity contribution in [3.8, 4) is 0 Å². The lowest BCUT2D eigenvalue weighted by molar-refractivity contribution is 0.310. The summed E-state index contributed by atoms with van der Waals surface area (Å²) in [5.74, 6) is -0.459. The van der Waals surface area contributed by atoms with Gasteiger partial charge in [-0.25, -0.2) is 9.37 Å². The van der Waals surface area contributed by atoms with Gasteiger partial charge >= 0.3 is 0 Å². The molecule has 0 aliphatic rings. The van der Waals surface area contributed by atoms with Crippen molar-refractivity contribution in [3.05, 3.63) is 51.7 Å². The smallest absolute Gasteiger partial charge is 0.128 e. The van der Waals surface area contributed by atoms with Crippen LogP contribution in [0.15, 0.2) is 29.1 Å². The Morgan fingerprint density at radius 3 is 2.84 bits per heavy atom. The first-order valence-corrected chi connectivity index (χ1v) is 6.69. The molecule has 19 heavy (non-hydrogen) atoms. The number of rotatable bonds is 5. The zero-order valence-corrected chi connectivity index (χ0v) is 11.4. The molecular weight excluding hydrogens is 263 g/mol. The number of nitrogen functional groups attached to an aromatic ring is 1. The normalized spacial score (nSPS) is 10.9. The molecule has 3 N–H and O–H groups in total. The molecule has 1 aromatic carbocycles. The predicted octanol–water partition coefficient (Wildman–Crippen LogP) is 2.20. The molecular formula is C13H15FN4S. The highest BCUT2D eigenvalue weighted by molar-refractivity contribution is 7.07. The summed E-state index contributed by atoms with van der Waals surface area (Å²) < 4.78 is 13.9. The molecule has 0 radical (unpaired) electrons. The molecule has 0 fully saturated rings. The van der Waals surface area contributed by atoms with Crippen molar-refractivity contribution in [2.24, 2.45) is 5.73 Å². The Balaban J connectivity index is 2.04. The van der Waals surface area contributed by atoms with Crippen molar-refractivity contribution >= 4 is 17.2 Å². The van der Waals surface area contributed by atoms with Crippen LogP contribution >= 0.6 is 11.3 Å². The van der Waals surface area contributed by atoms with Crippen LogP contribution in [-0.2, 0) is 13.1 Å². The lowest BCUT2D eigenvalue weighted by atomic mass is 10.1. The molecule has 6 heteroatoms. The van der Waals surface area contributed by atoms with E-state index in [0.717, 1.165) is 5.69 Å². The Morgan fingerprint density at radius 2 is 2.26 bits per heavy atom. The van der Waals surface area contributed by atoms with Crippen LogP contribution in [0.4, 0.5) is 4.39 Å². The Labute approximate surface area is 115 Å². The minimum absolute atomic E-state index is 0.124. The van der Waals surface area contributed by atoms with Gasteiger partial charge < -0.3 is 5.73 Å². The maximum absolute atomic E-state index is 13.9. The number of benzene rings is 1. The average molecular weight is 278 g/mol. The van der Waals surface area contributed by atoms with Gasteiger partial charge in [-0.2, -0.15) is 0 Å². The predicted molar refractivity (Wildman–Crippen MR) is 74.7 cm³/mol. The number of hydrogen-bond donors (Lipinski definition) is 2. The molecule has 0 spiro atoms. The van der Waals surface area contributed by atoms with Gasteiger partial charge in [0.1, 0.15) is 11.7 Å². The first-order valence-electron chi connectivity index (χ1n) is 5.74. The lowest BCUT2D eigenvalue weighted by Gasteiger charge is -2.16. The van der Waals surface area contributed by atoms with E-state index in [9.17, 15) is 4.39 Å². The molecule has 1 heterocycles. The second-order valence-electron chi connectivity index (χ2n) is 4.37. The molecule has 0 amide bonds. The molecule has 4 nitrogen and oxygen atoms in total. The molecule has 100 valence electrons. The van der Waals surface area contributed by atoms with Crippen LogP contribution in [-0.4, -0.2) is 22.8 Å². The van der Waals surface area contributed by atoms with Crippen LogP contribution in [0.3, 0.4) is 0 Å². The number of thiazole rings is 1. The fraction of sp³-hybridized carbons (Fsp3) is 0.231. The molecule has 0 unspecified atom stereocenters. The van der Waals surface area contributed by atoms with Gasteiger partial charge in [0.05, 0.1) is 11.2 Å². The van der Waals surface area contributed by atoms with Gasteiger partial charge in [-0.05, 0) is 13.1 Å². The number of aromatic nitrogens is 1. The monoisotopic (exact) mass is 278 g/mol. The van der Waals surface area contributed by atoms with Crippen LogP contribution in [0.25, 0.3) is 0 Å². The molecule has 1 aromatic heterocycles. The van der Waals surface area contributed by atoms with Crippen LogP contribution in [0.2, 0.25) is 0 Å². The minimum atomic E-state index is -0.335. The highest BCUT2D eigenvalue weighted by Gasteiger charge is 2.09. The van der Waals surface area contributed by atoms with Crippen molar-refractivity contribution < 1.29 is 4.39 Å². The Hall–Kier alpha value is -1.79. The summed E-state index contributed by atoms with van der Waals surface area (Å²) in [7, 11) is 1.91. The van der Waals surface area contributed by atoms with Gasteiger partial charge in [0.25, 0.3) is 0 Å². The third-order valence-corrected chi connectivity index (χ3v) is 3.35. The lowest BCUT2D eigenvalue weighted by Crippen LogP contribution is -2.19. The second kappa shape index (κ2) is 5.90. The molecule has 0 atom stereocenters. The van der Waals surface area contributed by atoms with Gasteiger partial charge in [-0.3, -0.25) is 10.3 Å². The van der Waals surface area contributed by atoms with Gasteiger partial charge in [-0.15, -0.1) is 11.3 Å². The number of amidine groups is 1. The molecule has 0 aliphatic heterocycles. The van der Waals surface area contributed by atoms with Gasteiger partial charge in [-0.1, -0.05) is 12.1 Å². The maximum Gasteiger partial charge on any atom is 0.128 e. The number of nitrogens with two attached hydrogens (primary N) is 1. The standard InChI is InChI=1S/C13H15FN4S/c1-18(6-11-7-19-8-17-11)5-10-3-2-9(13(15)16)4-12(10)14/h2-4,7-8H,5-6H2,1H3,(H3,15,16). The average Bonchev–Trinajstić information content (AvgIpc) is 2.84. The van der Waals surface area contributed by atoms with Gasteiger partial charge in [0.15, 0.2) is 0 Å². The van der Waals surface area contributed by atoms with Gasteiger partial charge in [0, 0.05) is 29.6 Å². The van der Waals surface area contributed by atoms with E-state index in [1.54, 1.807) is 29.0 Å². The highest BCUT2D eigenvalue weighted by Crippen LogP contribution is 2.14. The summed E-state index contributed by atoms with van der Waals surface area (Å²) in [6, 6.07) is 4.63. The van der Waals surface area contributed by atoms with Crippen LogP contribution < -0.4 is 5.73 Å². The van der Waals surface area contributed by atoms with Gasteiger partial charge in [0.2, 0.25) is 0 Å². The number of nitrogens with one attached hydrogen (secondary N) is 1. The highest BCUT2D eigenvalue weighted by atomic mass is 32.1. The first kappa shape index (κ1) is 13.6. The molecule has 2 rings (SSSR count). The molecule has 2 aromatic rings. The number of nitrogens with zero attached hydrogens (tertiary/aromatic N) is 2. The summed E-state index contributed by atoms with van der Waals surface area (Å²) in [5, 5.41) is 9.25. The summed E-state index contributed by atoms with van der Waals surface area (Å²) >= 11 is 1.55. The van der Waals surface area contributed by atoms with Crippen molar-refractivity contribution in [1.82, 2.24) is 9.88 Å². The van der Waals surface area contributed by atoms with E-state index >= 15 is 0 Å². The maximum atomic E-state index is 13.9. The van der Waals surface area contributed by atoms with Crippen molar-refractivity contribution in [2.75, 3.05) is 7.05 Å². The first-order chi connectivity index (χ1) is 9.06. The van der Waals surface area contributed by atoms with E-state index in [1.807, 2.05) is 17.3 Å². The summed E-state index contributed by atoms with van der Waals surface area (Å²) in [4.78, 5) is 6.18. The van der Waals surface area contributed by atoms with Crippen molar-refractivity contribution in [3.63, 3.8) is 0 Å². The zero-order valence-electron chi connectivity index (χ0n) is 10.6. The van der Waals surface area contributed by atoms with E-state index < -0.39 is 0 Å². The van der Waals surface area contributed by atoms with E-state index in [-0.39, 0.29) is 11.7 Å². The van der Waals surface area contributed by atoms with Crippen LogP contribution in [0.1, 0.15) is 16.8 Å². The third kappa shape index (κ3) is 3.59. The Morgan fingerprint density at radius 1 is 1.47 bits per heavy atom. The molecule has 0 saturated carbocycles. The fourth-order valence-electron chi connectivity index (χ4n) is 1.78. The molecule has 0 bridgehead atoms. The van der Waals surface area contributed by atoms with Crippen molar-refractivity contribution in [1.29, 1.82) is 5.41 Å². The van der Waals surface area contributed by atoms with E-state index in [2.05, 4.69) is 4.98 Å². The fourth-order valence-corrected chi connectivity index (χ4v) is 2.33. The molecule has 0 saturated heterocycles. The topological polar surface area (TPSA) is 66.0 Å². The quantitative estimate of drug-likeness (QED) is 0.651. The Bertz CT molecular complexity index is 568. The van der Waals surface area contributed by atoms with E-state index in [1.165, 1.54) is 6.07 Å². The van der Waals surface area contributed by atoms with Crippen LogP contribution in [0.5, 0.6) is 0 Å². The largest absolute Gasteiger partial charge is 0.384 e. The second-order valence-corrected chi connectivity index (χ2v) is 5.09. The number of halogens is 1. The van der Waals surface area contributed by atoms with E-state index in [0.29, 0.717) is 24.2 Å². The summed E-state index contributed by atoms with van der Waals surface area (Å²) in [6.45, 7) is 1.17. The third-order valence-electron chi connectivity index (χ3n) is 2.72.